The molecule has 1 fully saturated rings. The van der Waals surface area contributed by atoms with Gasteiger partial charge in [-0.25, -0.2) is 4.79 Å². The Kier molecular flexibility index (Phi) is 10.9. The van der Waals surface area contributed by atoms with E-state index in [1.165, 1.54) is 0 Å². The maximum absolute atomic E-state index is 14.1. The van der Waals surface area contributed by atoms with E-state index < -0.39 is 35.6 Å². The molecule has 4 N–H and O–H groups in total. The normalized spacial score (nSPS) is 15.2. The van der Waals surface area contributed by atoms with Gasteiger partial charge < -0.3 is 26.0 Å². The molecular weight excluding hydrogens is 472 g/mol. The third-order valence-corrected chi connectivity index (χ3v) is 6.59. The van der Waals surface area contributed by atoms with E-state index in [0.717, 1.165) is 43.2 Å². The van der Waals surface area contributed by atoms with Crippen LogP contribution in [0.15, 0.2) is 18.2 Å². The molecule has 0 radical (unpaired) electrons. The molecule has 4 amide bonds. The Morgan fingerprint density at radius 3 is 2.32 bits per heavy atom. The van der Waals surface area contributed by atoms with Crippen molar-refractivity contribution in [2.24, 2.45) is 5.73 Å². The fraction of sp³-hybridized carbons (Fsp3) is 0.643. The quantitative estimate of drug-likeness (QED) is 0.364. The second-order valence-corrected chi connectivity index (χ2v) is 10.9. The van der Waals surface area contributed by atoms with Gasteiger partial charge in [0.05, 0.1) is 0 Å². The van der Waals surface area contributed by atoms with Crippen LogP contribution >= 0.6 is 0 Å². The lowest BCUT2D eigenvalue weighted by Gasteiger charge is -2.43. The maximum atomic E-state index is 14.1. The Balaban J connectivity index is 2.49. The highest BCUT2D eigenvalue weighted by Gasteiger charge is 2.42. The van der Waals surface area contributed by atoms with Crippen molar-refractivity contribution in [3.05, 3.63) is 34.9 Å². The van der Waals surface area contributed by atoms with Crippen LogP contribution in [-0.2, 0) is 19.1 Å². The third-order valence-electron chi connectivity index (χ3n) is 6.59. The highest BCUT2D eigenvalue weighted by molar-refractivity contribution is 5.92. The van der Waals surface area contributed by atoms with E-state index in [0.29, 0.717) is 12.1 Å². The van der Waals surface area contributed by atoms with Crippen LogP contribution in [0, 0.1) is 13.8 Å². The number of alkyl carbamates (subject to hydrolysis) is 1. The summed E-state index contributed by atoms with van der Waals surface area (Å²) in [6, 6.07) is 3.67. The Morgan fingerprint density at radius 2 is 1.81 bits per heavy atom. The SMILES string of the molecule is CCCCNC(=O)C(c1ccc(C)c(C)c1)N(C(=O)C(CCC(N)=O)NC(=O)OC(C)(C)C)C1CCC1. The number of primary amides is 1. The predicted molar refractivity (Wildman–Crippen MR) is 143 cm³/mol. The van der Waals surface area contributed by atoms with Gasteiger partial charge in [0.2, 0.25) is 17.7 Å². The number of benzene rings is 1. The van der Waals surface area contributed by atoms with Crippen molar-refractivity contribution in [1.29, 1.82) is 0 Å². The molecular formula is C28H44N4O5. The summed E-state index contributed by atoms with van der Waals surface area (Å²) in [6.07, 6.45) is 3.35. The van der Waals surface area contributed by atoms with Gasteiger partial charge in [-0.15, -0.1) is 0 Å². The molecule has 2 unspecified atom stereocenters. The van der Waals surface area contributed by atoms with Crippen molar-refractivity contribution in [2.75, 3.05) is 6.54 Å². The first-order valence-corrected chi connectivity index (χ1v) is 13.3. The molecule has 2 rings (SSSR count). The second kappa shape index (κ2) is 13.4. The lowest BCUT2D eigenvalue weighted by molar-refractivity contribution is -0.147. The van der Waals surface area contributed by atoms with E-state index in [2.05, 4.69) is 10.6 Å². The molecule has 9 nitrogen and oxygen atoms in total. The number of hydrogen-bond acceptors (Lipinski definition) is 5. The number of ether oxygens (including phenoxy) is 1. The second-order valence-electron chi connectivity index (χ2n) is 10.9. The summed E-state index contributed by atoms with van der Waals surface area (Å²) < 4.78 is 5.38. The Hall–Kier alpha value is -3.10. The Morgan fingerprint density at radius 1 is 1.14 bits per heavy atom. The molecule has 37 heavy (non-hydrogen) atoms. The summed E-state index contributed by atoms with van der Waals surface area (Å²) in [6.45, 7) is 11.7. The summed E-state index contributed by atoms with van der Waals surface area (Å²) in [5.41, 5.74) is 7.42. The Labute approximate surface area is 220 Å². The summed E-state index contributed by atoms with van der Waals surface area (Å²) in [7, 11) is 0. The van der Waals surface area contributed by atoms with Crippen LogP contribution in [0.2, 0.25) is 0 Å². The van der Waals surface area contributed by atoms with E-state index in [1.54, 1.807) is 25.7 Å². The lowest BCUT2D eigenvalue weighted by atomic mass is 9.87. The molecule has 1 aromatic rings. The first-order valence-electron chi connectivity index (χ1n) is 13.3. The number of unbranched alkanes of at least 4 members (excludes halogenated alkanes) is 1. The van der Waals surface area contributed by atoms with Crippen molar-refractivity contribution in [1.82, 2.24) is 15.5 Å². The van der Waals surface area contributed by atoms with E-state index in [1.807, 2.05) is 39.0 Å². The van der Waals surface area contributed by atoms with Gasteiger partial charge in [-0.05, 0) is 83.4 Å². The van der Waals surface area contributed by atoms with E-state index in [4.69, 9.17) is 10.5 Å². The minimum Gasteiger partial charge on any atom is -0.444 e. The molecule has 2 atom stereocenters. The summed E-state index contributed by atoms with van der Waals surface area (Å²) in [4.78, 5) is 53.5. The number of nitrogens with one attached hydrogen (secondary N) is 2. The zero-order valence-corrected chi connectivity index (χ0v) is 23.2. The zero-order valence-electron chi connectivity index (χ0n) is 23.2. The Bertz CT molecular complexity index is 968. The smallest absolute Gasteiger partial charge is 0.408 e. The number of carbonyl (C=O) groups is 4. The monoisotopic (exact) mass is 516 g/mol. The molecule has 0 aromatic heterocycles. The van der Waals surface area contributed by atoms with E-state index >= 15 is 0 Å². The predicted octanol–water partition coefficient (Wildman–Crippen LogP) is 3.80. The van der Waals surface area contributed by atoms with Gasteiger partial charge in [-0.1, -0.05) is 31.5 Å². The molecule has 0 spiro atoms. The minimum atomic E-state index is -1.07. The van der Waals surface area contributed by atoms with Crippen LogP contribution in [0.1, 0.15) is 95.4 Å². The number of hydrogen-bond donors (Lipinski definition) is 3. The average Bonchev–Trinajstić information content (AvgIpc) is 2.75. The van der Waals surface area contributed by atoms with Crippen molar-refractivity contribution in [3.63, 3.8) is 0 Å². The van der Waals surface area contributed by atoms with Crippen LogP contribution in [-0.4, -0.2) is 52.9 Å². The van der Waals surface area contributed by atoms with Gasteiger partial charge in [0, 0.05) is 19.0 Å². The molecule has 0 bridgehead atoms. The van der Waals surface area contributed by atoms with E-state index in [-0.39, 0.29) is 24.8 Å². The van der Waals surface area contributed by atoms with Crippen LogP contribution < -0.4 is 16.4 Å². The average molecular weight is 517 g/mol. The zero-order chi connectivity index (χ0) is 27.8. The molecule has 1 saturated carbocycles. The number of rotatable bonds is 12. The molecule has 206 valence electrons. The van der Waals surface area contributed by atoms with Crippen molar-refractivity contribution in [3.8, 4) is 0 Å². The van der Waals surface area contributed by atoms with Gasteiger partial charge in [-0.2, -0.15) is 0 Å². The van der Waals surface area contributed by atoms with Crippen LogP contribution in [0.4, 0.5) is 4.79 Å². The number of nitrogens with zero attached hydrogens (tertiary/aromatic N) is 1. The van der Waals surface area contributed by atoms with Crippen molar-refractivity contribution >= 4 is 23.8 Å². The minimum absolute atomic E-state index is 0.00767. The van der Waals surface area contributed by atoms with Crippen LogP contribution in [0.25, 0.3) is 0 Å². The topological polar surface area (TPSA) is 131 Å². The van der Waals surface area contributed by atoms with Crippen molar-refractivity contribution in [2.45, 2.75) is 110 Å². The molecule has 1 aromatic carbocycles. The maximum Gasteiger partial charge on any atom is 0.408 e. The summed E-state index contributed by atoms with van der Waals surface area (Å²) >= 11 is 0. The summed E-state index contributed by atoms with van der Waals surface area (Å²) in [5.74, 6) is -1.27. The highest BCUT2D eigenvalue weighted by atomic mass is 16.6. The molecule has 0 saturated heterocycles. The fourth-order valence-electron chi connectivity index (χ4n) is 4.21. The standard InChI is InChI=1S/C28H44N4O5/c1-7-8-16-30-25(34)24(20-13-12-18(2)19(3)17-20)32(21-10-9-11-21)26(35)22(14-15-23(29)33)31-27(36)37-28(4,5)6/h12-13,17,21-22,24H,7-11,14-16H2,1-6H3,(H2,29,33)(H,30,34)(H,31,36). The number of amides is 4. The van der Waals surface area contributed by atoms with Crippen LogP contribution in [0.5, 0.6) is 0 Å². The first kappa shape index (κ1) is 30.1. The fourth-order valence-corrected chi connectivity index (χ4v) is 4.21. The largest absolute Gasteiger partial charge is 0.444 e. The first-order chi connectivity index (χ1) is 17.3. The molecule has 9 heteroatoms. The van der Waals surface area contributed by atoms with Gasteiger partial charge in [0.1, 0.15) is 17.7 Å². The van der Waals surface area contributed by atoms with Gasteiger partial charge in [0.25, 0.3) is 0 Å². The number of aryl methyl sites for hydroxylation is 2. The number of nitrogens with two attached hydrogens (primary N) is 1. The summed E-state index contributed by atoms with van der Waals surface area (Å²) in [5, 5.41) is 5.64. The molecule has 0 heterocycles. The lowest BCUT2D eigenvalue weighted by Crippen LogP contribution is -2.57. The van der Waals surface area contributed by atoms with Crippen LogP contribution in [0.3, 0.4) is 0 Å². The third kappa shape index (κ3) is 9.05. The van der Waals surface area contributed by atoms with Crippen molar-refractivity contribution < 1.29 is 23.9 Å². The van der Waals surface area contributed by atoms with E-state index in [9.17, 15) is 19.2 Å². The van der Waals surface area contributed by atoms with Gasteiger partial charge in [-0.3, -0.25) is 14.4 Å². The molecule has 1 aliphatic rings. The van der Waals surface area contributed by atoms with Gasteiger partial charge in [0.15, 0.2) is 0 Å². The highest BCUT2D eigenvalue weighted by Crippen LogP contribution is 2.34. The molecule has 1 aliphatic carbocycles. The number of carbonyl (C=O) groups excluding carboxylic acids is 4. The molecule has 0 aliphatic heterocycles. The van der Waals surface area contributed by atoms with Gasteiger partial charge >= 0.3 is 6.09 Å².